The lowest BCUT2D eigenvalue weighted by molar-refractivity contribution is 0.184. The van der Waals surface area contributed by atoms with Gasteiger partial charge in [-0.05, 0) is 24.6 Å². The maximum Gasteiger partial charge on any atom is 0.332 e. The molecule has 0 spiro atoms. The van der Waals surface area contributed by atoms with Crippen LogP contribution in [-0.2, 0) is 24.9 Å². The predicted molar refractivity (Wildman–Crippen MR) is 104 cm³/mol. The fourth-order valence-electron chi connectivity index (χ4n) is 3.45. The first kappa shape index (κ1) is 17.8. The van der Waals surface area contributed by atoms with Crippen LogP contribution in [0.15, 0.2) is 27.8 Å². The van der Waals surface area contributed by atoms with E-state index in [2.05, 4.69) is 4.98 Å². The van der Waals surface area contributed by atoms with Crippen LogP contribution < -0.4 is 16.1 Å². The molecule has 3 aromatic rings. The lowest BCUT2D eigenvalue weighted by Crippen LogP contribution is -2.40. The molecule has 9 heteroatoms. The quantitative estimate of drug-likeness (QED) is 0.678. The summed E-state index contributed by atoms with van der Waals surface area (Å²) in [5, 5.41) is 0.677. The standard InChI is InChI=1S/C18H20ClN5O3/c1-11-4-5-12(10-13(11)19)22-6-7-23-14-15(20-17(22)23)21(2)18(26)24(16(14)25)8-9-27-3/h4-5,10H,6-9H2,1-3H3. The van der Waals surface area contributed by atoms with Crippen LogP contribution in [0, 0.1) is 6.92 Å². The number of aromatic nitrogens is 4. The van der Waals surface area contributed by atoms with Gasteiger partial charge in [0.2, 0.25) is 5.95 Å². The summed E-state index contributed by atoms with van der Waals surface area (Å²) in [5.74, 6) is 0.640. The molecule has 0 amide bonds. The molecule has 0 saturated carbocycles. The molecule has 0 radical (unpaired) electrons. The largest absolute Gasteiger partial charge is 0.383 e. The maximum atomic E-state index is 13.0. The van der Waals surface area contributed by atoms with Crippen molar-refractivity contribution in [3.8, 4) is 0 Å². The smallest absolute Gasteiger partial charge is 0.332 e. The van der Waals surface area contributed by atoms with Crippen molar-refractivity contribution in [1.82, 2.24) is 18.7 Å². The molecular formula is C18H20ClN5O3. The van der Waals surface area contributed by atoms with Crippen molar-refractivity contribution in [2.75, 3.05) is 25.2 Å². The van der Waals surface area contributed by atoms with E-state index in [0.717, 1.165) is 11.3 Å². The molecule has 27 heavy (non-hydrogen) atoms. The number of halogens is 1. The zero-order valence-electron chi connectivity index (χ0n) is 15.4. The molecule has 0 atom stereocenters. The van der Waals surface area contributed by atoms with E-state index in [-0.39, 0.29) is 18.7 Å². The lowest BCUT2D eigenvalue weighted by atomic mass is 10.2. The number of benzene rings is 1. The van der Waals surface area contributed by atoms with E-state index in [1.54, 1.807) is 7.05 Å². The Balaban J connectivity index is 1.91. The van der Waals surface area contributed by atoms with Gasteiger partial charge in [0, 0.05) is 38.0 Å². The van der Waals surface area contributed by atoms with Gasteiger partial charge >= 0.3 is 5.69 Å². The zero-order valence-corrected chi connectivity index (χ0v) is 16.2. The lowest BCUT2D eigenvalue weighted by Gasteiger charge is -2.16. The highest BCUT2D eigenvalue weighted by atomic mass is 35.5. The fraction of sp³-hybridized carbons (Fsp3) is 0.389. The molecule has 0 fully saturated rings. The van der Waals surface area contributed by atoms with Crippen molar-refractivity contribution >= 4 is 34.4 Å². The van der Waals surface area contributed by atoms with Crippen LogP contribution in [0.2, 0.25) is 5.02 Å². The molecule has 0 unspecified atom stereocenters. The molecule has 8 nitrogen and oxygen atoms in total. The fourth-order valence-corrected chi connectivity index (χ4v) is 3.63. The van der Waals surface area contributed by atoms with Crippen LogP contribution in [-0.4, -0.2) is 38.9 Å². The number of anilines is 2. The van der Waals surface area contributed by atoms with Crippen molar-refractivity contribution in [3.05, 3.63) is 49.6 Å². The molecule has 1 aliphatic heterocycles. The number of aryl methyl sites for hydroxylation is 2. The Bertz CT molecular complexity index is 1160. The molecule has 0 bridgehead atoms. The summed E-state index contributed by atoms with van der Waals surface area (Å²) in [7, 11) is 3.17. The Morgan fingerprint density at radius 3 is 2.74 bits per heavy atom. The van der Waals surface area contributed by atoms with Gasteiger partial charge in [0.25, 0.3) is 5.56 Å². The van der Waals surface area contributed by atoms with Crippen molar-refractivity contribution in [2.24, 2.45) is 7.05 Å². The molecule has 1 aliphatic rings. The van der Waals surface area contributed by atoms with E-state index >= 15 is 0 Å². The average molecular weight is 390 g/mol. The van der Waals surface area contributed by atoms with Gasteiger partial charge in [0.05, 0.1) is 13.2 Å². The summed E-state index contributed by atoms with van der Waals surface area (Å²) in [6.45, 7) is 3.72. The molecule has 3 heterocycles. The molecule has 0 saturated heterocycles. The minimum atomic E-state index is -0.397. The Morgan fingerprint density at radius 2 is 2.04 bits per heavy atom. The molecule has 142 valence electrons. The second-order valence-electron chi connectivity index (χ2n) is 6.61. The second-order valence-corrected chi connectivity index (χ2v) is 7.02. The van der Waals surface area contributed by atoms with Gasteiger partial charge in [-0.3, -0.25) is 13.9 Å². The van der Waals surface area contributed by atoms with E-state index in [4.69, 9.17) is 16.3 Å². The van der Waals surface area contributed by atoms with E-state index in [1.165, 1.54) is 16.2 Å². The summed E-state index contributed by atoms with van der Waals surface area (Å²) in [6.07, 6.45) is 0. The summed E-state index contributed by atoms with van der Waals surface area (Å²) < 4.78 is 9.51. The monoisotopic (exact) mass is 389 g/mol. The summed E-state index contributed by atoms with van der Waals surface area (Å²) in [5.41, 5.74) is 1.99. The Morgan fingerprint density at radius 1 is 1.26 bits per heavy atom. The third-order valence-electron chi connectivity index (χ3n) is 4.99. The highest BCUT2D eigenvalue weighted by molar-refractivity contribution is 6.31. The minimum absolute atomic E-state index is 0.204. The van der Waals surface area contributed by atoms with Crippen LogP contribution in [0.25, 0.3) is 11.2 Å². The molecule has 0 aliphatic carbocycles. The van der Waals surface area contributed by atoms with Crippen molar-refractivity contribution in [3.63, 3.8) is 0 Å². The van der Waals surface area contributed by atoms with Crippen LogP contribution >= 0.6 is 11.6 Å². The Hall–Kier alpha value is -2.58. The van der Waals surface area contributed by atoms with Crippen LogP contribution in [0.5, 0.6) is 0 Å². The third-order valence-corrected chi connectivity index (χ3v) is 5.39. The first-order chi connectivity index (χ1) is 12.9. The predicted octanol–water partition coefficient (Wildman–Crippen LogP) is 1.66. The molecule has 4 rings (SSSR count). The SMILES string of the molecule is COCCn1c(=O)c2c(nc3n2CCN3c2ccc(C)c(Cl)c2)n(C)c1=O. The average Bonchev–Trinajstić information content (AvgIpc) is 3.21. The van der Waals surface area contributed by atoms with Crippen molar-refractivity contribution in [2.45, 2.75) is 20.0 Å². The minimum Gasteiger partial charge on any atom is -0.383 e. The molecule has 0 N–H and O–H groups in total. The summed E-state index contributed by atoms with van der Waals surface area (Å²) in [6, 6.07) is 5.82. The van der Waals surface area contributed by atoms with E-state index in [0.29, 0.717) is 35.2 Å². The van der Waals surface area contributed by atoms with E-state index < -0.39 is 5.69 Å². The van der Waals surface area contributed by atoms with Gasteiger partial charge in [-0.25, -0.2) is 4.79 Å². The van der Waals surface area contributed by atoms with E-state index in [9.17, 15) is 9.59 Å². The number of rotatable bonds is 4. The Labute approximate surface area is 160 Å². The van der Waals surface area contributed by atoms with Gasteiger partial charge in [0.15, 0.2) is 11.2 Å². The molecular weight excluding hydrogens is 370 g/mol. The van der Waals surface area contributed by atoms with Gasteiger partial charge in [-0.15, -0.1) is 0 Å². The van der Waals surface area contributed by atoms with Crippen LogP contribution in [0.4, 0.5) is 11.6 Å². The van der Waals surface area contributed by atoms with Crippen molar-refractivity contribution in [1.29, 1.82) is 0 Å². The topological polar surface area (TPSA) is 74.3 Å². The van der Waals surface area contributed by atoms with Gasteiger partial charge in [-0.2, -0.15) is 4.98 Å². The van der Waals surface area contributed by atoms with Gasteiger partial charge < -0.3 is 14.2 Å². The molecule has 1 aromatic carbocycles. The maximum absolute atomic E-state index is 13.0. The number of methoxy groups -OCH3 is 1. The number of ether oxygens (including phenoxy) is 1. The number of hydrogen-bond donors (Lipinski definition) is 0. The number of nitrogens with zero attached hydrogens (tertiary/aromatic N) is 5. The van der Waals surface area contributed by atoms with Gasteiger partial charge in [-0.1, -0.05) is 17.7 Å². The highest BCUT2D eigenvalue weighted by Crippen LogP contribution is 2.33. The first-order valence-corrected chi connectivity index (χ1v) is 9.04. The van der Waals surface area contributed by atoms with Crippen molar-refractivity contribution < 1.29 is 4.74 Å². The van der Waals surface area contributed by atoms with E-state index in [1.807, 2.05) is 34.6 Å². The number of hydrogen-bond acceptors (Lipinski definition) is 5. The second kappa shape index (κ2) is 6.54. The Kier molecular flexibility index (Phi) is 4.32. The third kappa shape index (κ3) is 2.67. The molecule has 2 aromatic heterocycles. The highest BCUT2D eigenvalue weighted by Gasteiger charge is 2.28. The van der Waals surface area contributed by atoms with Gasteiger partial charge in [0.1, 0.15) is 0 Å². The number of fused-ring (bicyclic) bond motifs is 3. The first-order valence-electron chi connectivity index (χ1n) is 8.66. The van der Waals surface area contributed by atoms with Crippen LogP contribution in [0.3, 0.4) is 0 Å². The number of imidazole rings is 1. The summed E-state index contributed by atoms with van der Waals surface area (Å²) >= 11 is 6.27. The van der Waals surface area contributed by atoms with Crippen LogP contribution in [0.1, 0.15) is 5.56 Å². The summed E-state index contributed by atoms with van der Waals surface area (Å²) in [4.78, 5) is 32.1. The zero-order chi connectivity index (χ0) is 19.3. The normalized spacial score (nSPS) is 13.6.